The summed E-state index contributed by atoms with van der Waals surface area (Å²) in [6.07, 6.45) is -4.59. The quantitative estimate of drug-likeness (QED) is 0.710. The van der Waals surface area contributed by atoms with Crippen LogP contribution in [0.25, 0.3) is 0 Å². The zero-order chi connectivity index (χ0) is 21.7. The first-order valence-corrected chi connectivity index (χ1v) is 9.22. The summed E-state index contributed by atoms with van der Waals surface area (Å²) in [5, 5.41) is 6.90. The number of ether oxygens (including phenoxy) is 1. The summed E-state index contributed by atoms with van der Waals surface area (Å²) in [4.78, 5) is 18.0. The third kappa shape index (κ3) is 5.49. The van der Waals surface area contributed by atoms with Crippen LogP contribution in [0, 0.1) is 11.8 Å². The number of hydrogen-bond donors (Lipinski definition) is 2. The molecule has 2 aromatic heterocycles. The van der Waals surface area contributed by atoms with Crippen molar-refractivity contribution < 1.29 is 22.7 Å². The number of alkyl halides is 3. The Labute approximate surface area is 171 Å². The number of nitrogen functional groups attached to an aromatic ring is 1. The Hall–Kier alpha value is -3.10. The minimum atomic E-state index is -4.59. The van der Waals surface area contributed by atoms with Gasteiger partial charge in [-0.3, -0.25) is 14.4 Å². The fraction of sp³-hybridized carbons (Fsp3) is 0.421. The number of nitrogens with one attached hydrogen (secondary N) is 1. The second-order valence-corrected chi connectivity index (χ2v) is 6.63. The van der Waals surface area contributed by atoms with Crippen LogP contribution in [-0.2, 0) is 18.0 Å². The van der Waals surface area contributed by atoms with Gasteiger partial charge < -0.3 is 15.8 Å². The van der Waals surface area contributed by atoms with E-state index in [4.69, 9.17) is 10.5 Å². The summed E-state index contributed by atoms with van der Waals surface area (Å²) < 4.78 is 45.1. The van der Waals surface area contributed by atoms with Crippen molar-refractivity contribution in [3.63, 3.8) is 0 Å². The topological polar surface area (TPSA) is 98.3 Å². The lowest BCUT2D eigenvalue weighted by atomic mass is 10.2. The lowest BCUT2D eigenvalue weighted by molar-refractivity contribution is -0.141. The summed E-state index contributed by atoms with van der Waals surface area (Å²) in [5.41, 5.74) is 4.93. The first-order chi connectivity index (χ1) is 14.2. The summed E-state index contributed by atoms with van der Waals surface area (Å²) >= 11 is 0. The van der Waals surface area contributed by atoms with Crippen molar-refractivity contribution in [2.24, 2.45) is 7.05 Å². The highest BCUT2D eigenvalue weighted by Gasteiger charge is 2.32. The fourth-order valence-corrected chi connectivity index (χ4v) is 2.79. The van der Waals surface area contributed by atoms with E-state index >= 15 is 0 Å². The Morgan fingerprint density at radius 2 is 2.03 bits per heavy atom. The highest BCUT2D eigenvalue weighted by Crippen LogP contribution is 2.28. The molecule has 11 heteroatoms. The van der Waals surface area contributed by atoms with E-state index in [-0.39, 0.29) is 23.0 Å². The van der Waals surface area contributed by atoms with Gasteiger partial charge >= 0.3 is 6.18 Å². The van der Waals surface area contributed by atoms with Gasteiger partial charge in [0.25, 0.3) is 5.91 Å². The number of aryl methyl sites for hydroxylation is 1. The average Bonchev–Trinajstić information content (AvgIpc) is 3.08. The fourth-order valence-electron chi connectivity index (χ4n) is 2.79. The number of morpholine rings is 1. The maximum Gasteiger partial charge on any atom is 0.433 e. The minimum Gasteiger partial charge on any atom is -0.396 e. The van der Waals surface area contributed by atoms with Crippen LogP contribution in [0.4, 0.5) is 18.9 Å². The zero-order valence-electron chi connectivity index (χ0n) is 16.3. The molecular formula is C19H21F3N6O2. The van der Waals surface area contributed by atoms with Crippen LogP contribution in [0.5, 0.6) is 0 Å². The van der Waals surface area contributed by atoms with Crippen molar-refractivity contribution in [3.8, 4) is 11.8 Å². The third-order valence-corrected chi connectivity index (χ3v) is 4.46. The number of aromatic nitrogens is 3. The number of anilines is 1. The van der Waals surface area contributed by atoms with E-state index in [1.165, 1.54) is 10.7 Å². The average molecular weight is 422 g/mol. The lowest BCUT2D eigenvalue weighted by Gasteiger charge is -2.26. The molecule has 3 N–H and O–H groups in total. The SMILES string of the molecule is Cn1nc(C(=O)NCCN2CCOCC2)cc1C#Cc1nc(C(F)(F)F)ccc1N. The van der Waals surface area contributed by atoms with Crippen molar-refractivity contribution in [1.82, 2.24) is 25.0 Å². The summed E-state index contributed by atoms with van der Waals surface area (Å²) in [5.74, 6) is 4.84. The maximum absolute atomic E-state index is 12.8. The molecule has 1 amide bonds. The number of carbonyl (C=O) groups is 1. The van der Waals surface area contributed by atoms with E-state index in [9.17, 15) is 18.0 Å². The predicted octanol–water partition coefficient (Wildman–Crippen LogP) is 0.878. The maximum atomic E-state index is 12.8. The number of nitrogens with zero attached hydrogens (tertiary/aromatic N) is 4. The van der Waals surface area contributed by atoms with Gasteiger partial charge in [-0.25, -0.2) is 4.98 Å². The molecule has 1 fully saturated rings. The summed E-state index contributed by atoms with van der Waals surface area (Å²) in [6.45, 7) is 4.18. The van der Waals surface area contributed by atoms with Crippen LogP contribution >= 0.6 is 0 Å². The molecule has 30 heavy (non-hydrogen) atoms. The molecule has 2 aromatic rings. The molecule has 0 spiro atoms. The molecule has 3 rings (SSSR count). The van der Waals surface area contributed by atoms with Crippen LogP contribution < -0.4 is 11.1 Å². The number of carbonyl (C=O) groups excluding carboxylic acids is 1. The molecule has 8 nitrogen and oxygen atoms in total. The Bertz CT molecular complexity index is 971. The molecule has 0 bridgehead atoms. The number of halogens is 3. The van der Waals surface area contributed by atoms with Crippen LogP contribution in [0.3, 0.4) is 0 Å². The monoisotopic (exact) mass is 422 g/mol. The molecule has 3 heterocycles. The van der Waals surface area contributed by atoms with E-state index in [1.54, 1.807) is 7.05 Å². The van der Waals surface area contributed by atoms with Gasteiger partial charge in [-0.05, 0) is 24.0 Å². The Kier molecular flexibility index (Phi) is 6.59. The van der Waals surface area contributed by atoms with Crippen LogP contribution in [0.2, 0.25) is 0 Å². The minimum absolute atomic E-state index is 0.0266. The van der Waals surface area contributed by atoms with Gasteiger partial charge in [0.05, 0.1) is 18.9 Å². The third-order valence-electron chi connectivity index (χ3n) is 4.46. The molecule has 0 aliphatic carbocycles. The molecule has 160 valence electrons. The highest BCUT2D eigenvalue weighted by molar-refractivity contribution is 5.92. The number of hydrogen-bond acceptors (Lipinski definition) is 6. The second-order valence-electron chi connectivity index (χ2n) is 6.63. The number of nitrogens with two attached hydrogens (primary N) is 1. The van der Waals surface area contributed by atoms with Crippen molar-refractivity contribution >= 4 is 11.6 Å². The molecule has 0 atom stereocenters. The zero-order valence-corrected chi connectivity index (χ0v) is 16.3. The normalized spacial score (nSPS) is 14.8. The van der Waals surface area contributed by atoms with E-state index in [0.29, 0.717) is 32.0 Å². The van der Waals surface area contributed by atoms with E-state index in [0.717, 1.165) is 25.2 Å². The molecule has 0 radical (unpaired) electrons. The number of rotatable bonds is 4. The van der Waals surface area contributed by atoms with Gasteiger partial charge in [0.1, 0.15) is 17.1 Å². The molecule has 1 saturated heterocycles. The molecular weight excluding hydrogens is 401 g/mol. The smallest absolute Gasteiger partial charge is 0.396 e. The van der Waals surface area contributed by atoms with E-state index < -0.39 is 11.9 Å². The van der Waals surface area contributed by atoms with Crippen LogP contribution in [-0.4, -0.2) is 65.0 Å². The van der Waals surface area contributed by atoms with Gasteiger partial charge in [-0.1, -0.05) is 0 Å². The van der Waals surface area contributed by atoms with Gasteiger partial charge in [0.15, 0.2) is 5.69 Å². The van der Waals surface area contributed by atoms with E-state index in [1.807, 2.05) is 0 Å². The van der Waals surface area contributed by atoms with Gasteiger partial charge in [0, 0.05) is 39.3 Å². The van der Waals surface area contributed by atoms with Crippen molar-refractivity contribution in [1.29, 1.82) is 0 Å². The predicted molar refractivity (Wildman–Crippen MR) is 102 cm³/mol. The van der Waals surface area contributed by atoms with Gasteiger partial charge in [0.2, 0.25) is 0 Å². The number of amides is 1. The second kappa shape index (κ2) is 9.15. The molecule has 0 aromatic carbocycles. The molecule has 0 unspecified atom stereocenters. The Balaban J connectivity index is 1.66. The lowest BCUT2D eigenvalue weighted by Crippen LogP contribution is -2.41. The van der Waals surface area contributed by atoms with Crippen molar-refractivity contribution in [2.75, 3.05) is 45.1 Å². The summed E-state index contributed by atoms with van der Waals surface area (Å²) in [7, 11) is 1.58. The van der Waals surface area contributed by atoms with Crippen LogP contribution in [0.15, 0.2) is 18.2 Å². The first-order valence-electron chi connectivity index (χ1n) is 9.22. The largest absolute Gasteiger partial charge is 0.433 e. The van der Waals surface area contributed by atoms with Gasteiger partial charge in [-0.2, -0.15) is 18.3 Å². The van der Waals surface area contributed by atoms with Gasteiger partial charge in [-0.15, -0.1) is 0 Å². The van der Waals surface area contributed by atoms with E-state index in [2.05, 4.69) is 32.1 Å². The number of pyridine rings is 1. The first kappa shape index (κ1) is 21.6. The highest BCUT2D eigenvalue weighted by atomic mass is 19.4. The van der Waals surface area contributed by atoms with Crippen molar-refractivity contribution in [2.45, 2.75) is 6.18 Å². The standard InChI is InChI=1S/C19H21F3N6O2/c1-27-13(2-4-15-14(23)3-5-17(25-15)19(20,21)22)12-16(26-27)18(29)24-6-7-28-8-10-30-11-9-28/h3,5,12H,6-11,23H2,1H3,(H,24,29). The molecule has 0 saturated carbocycles. The van der Waals surface area contributed by atoms with Crippen molar-refractivity contribution in [3.05, 3.63) is 41.0 Å². The molecule has 1 aliphatic heterocycles. The van der Waals surface area contributed by atoms with Crippen LogP contribution in [0.1, 0.15) is 27.6 Å². The summed E-state index contributed by atoms with van der Waals surface area (Å²) in [6, 6.07) is 3.36. The molecule has 1 aliphatic rings. The Morgan fingerprint density at radius 3 is 2.73 bits per heavy atom. The Morgan fingerprint density at radius 1 is 1.30 bits per heavy atom.